The first-order chi connectivity index (χ1) is 14.5. The van der Waals surface area contributed by atoms with E-state index in [9.17, 15) is 9.59 Å². The van der Waals surface area contributed by atoms with E-state index >= 15 is 0 Å². The Bertz CT molecular complexity index is 949. The molecule has 30 heavy (non-hydrogen) atoms. The lowest BCUT2D eigenvalue weighted by Crippen LogP contribution is -2.46. The molecule has 158 valence electrons. The first-order valence-electron chi connectivity index (χ1n) is 10.3. The van der Waals surface area contributed by atoms with Crippen molar-refractivity contribution in [1.82, 2.24) is 4.90 Å². The topological polar surface area (TPSA) is 70.7 Å². The zero-order valence-corrected chi connectivity index (χ0v) is 17.7. The maximum absolute atomic E-state index is 12.8. The Labute approximate surface area is 181 Å². The largest absolute Gasteiger partial charge is 0.491 e. The molecule has 2 aromatic rings. The molecular weight excluding hydrogens is 402 g/mol. The quantitative estimate of drug-likeness (QED) is 0.677. The van der Waals surface area contributed by atoms with Gasteiger partial charge in [-0.3, -0.25) is 4.79 Å². The number of rotatable bonds is 1. The molecule has 7 heteroatoms. The van der Waals surface area contributed by atoms with Gasteiger partial charge in [-0.15, -0.1) is 0 Å². The number of likely N-dealkylation sites (tertiary alicyclic amines) is 1. The number of anilines is 2. The van der Waals surface area contributed by atoms with Crippen molar-refractivity contribution >= 4 is 34.9 Å². The molecule has 1 saturated heterocycles. The second-order valence-electron chi connectivity index (χ2n) is 8.08. The molecule has 0 radical (unpaired) electrons. The number of carbonyl (C=O) groups excluding carboxylic acids is 2. The predicted octanol–water partition coefficient (Wildman–Crippen LogP) is 4.93. The van der Waals surface area contributed by atoms with Crippen molar-refractivity contribution in [2.45, 2.75) is 26.2 Å². The Morgan fingerprint density at radius 2 is 2.07 bits per heavy atom. The van der Waals surface area contributed by atoms with E-state index in [0.29, 0.717) is 42.6 Å². The lowest BCUT2D eigenvalue weighted by atomic mass is 9.81. The van der Waals surface area contributed by atoms with Crippen LogP contribution in [0.25, 0.3) is 0 Å². The Kier molecular flexibility index (Phi) is 6.13. The molecule has 2 aliphatic heterocycles. The molecule has 0 aliphatic carbocycles. The fourth-order valence-electron chi connectivity index (χ4n) is 4.26. The second kappa shape index (κ2) is 8.96. The highest BCUT2D eigenvalue weighted by Gasteiger charge is 2.33. The van der Waals surface area contributed by atoms with Gasteiger partial charge in [0.2, 0.25) is 5.91 Å². The van der Waals surface area contributed by atoms with Crippen LogP contribution >= 0.6 is 11.6 Å². The third-order valence-corrected chi connectivity index (χ3v) is 6.09. The second-order valence-corrected chi connectivity index (χ2v) is 8.52. The summed E-state index contributed by atoms with van der Waals surface area (Å²) >= 11 is 6.01. The molecule has 4 rings (SSSR count). The highest BCUT2D eigenvalue weighted by Crippen LogP contribution is 2.33. The normalized spacial score (nSPS) is 21.5. The summed E-state index contributed by atoms with van der Waals surface area (Å²) < 4.78 is 5.97. The van der Waals surface area contributed by atoms with Crippen LogP contribution in [0.5, 0.6) is 5.75 Å². The number of carbonyl (C=O) groups is 2. The predicted molar refractivity (Wildman–Crippen MR) is 118 cm³/mol. The number of hydrogen-bond donors (Lipinski definition) is 2. The standard InChI is InChI=1S/C23H26ClN3O3/c1-15-5-6-21-20(11-15)26-22(28)12-16-7-9-27(14-17(16)8-10-30-21)23(29)25-19-4-2-3-18(24)13-19/h2-6,11,13,16-17H,7-10,12,14H2,1H3,(H,25,29)(H,26,28)/t16-,17-/m0/s1. The molecule has 2 aliphatic rings. The first kappa shape index (κ1) is 20.5. The summed E-state index contributed by atoms with van der Waals surface area (Å²) in [6, 6.07) is 12.8. The van der Waals surface area contributed by atoms with Crippen molar-refractivity contribution in [3.8, 4) is 5.75 Å². The summed E-state index contributed by atoms with van der Waals surface area (Å²) in [5.74, 6) is 1.13. The number of piperidine rings is 1. The fourth-order valence-corrected chi connectivity index (χ4v) is 4.45. The van der Waals surface area contributed by atoms with E-state index in [0.717, 1.165) is 24.1 Å². The van der Waals surface area contributed by atoms with Crippen LogP contribution in [0.3, 0.4) is 0 Å². The molecule has 2 heterocycles. The Hall–Kier alpha value is -2.73. The molecular formula is C23H26ClN3O3. The van der Waals surface area contributed by atoms with Crippen LogP contribution in [0.2, 0.25) is 5.02 Å². The van der Waals surface area contributed by atoms with E-state index in [1.165, 1.54) is 0 Å². The maximum atomic E-state index is 12.8. The van der Waals surface area contributed by atoms with Crippen LogP contribution in [-0.4, -0.2) is 36.5 Å². The summed E-state index contributed by atoms with van der Waals surface area (Å²) in [5, 5.41) is 6.50. The van der Waals surface area contributed by atoms with Crippen LogP contribution in [0.4, 0.5) is 16.2 Å². The molecule has 1 fully saturated rings. The number of aryl methyl sites for hydroxylation is 1. The lowest BCUT2D eigenvalue weighted by molar-refractivity contribution is -0.118. The van der Waals surface area contributed by atoms with Crippen molar-refractivity contribution in [3.05, 3.63) is 53.1 Å². The zero-order chi connectivity index (χ0) is 21.1. The summed E-state index contributed by atoms with van der Waals surface area (Å²) in [6.07, 6.45) is 2.05. The lowest BCUT2D eigenvalue weighted by Gasteiger charge is -2.39. The molecule has 0 spiro atoms. The molecule has 0 aromatic heterocycles. The summed E-state index contributed by atoms with van der Waals surface area (Å²) in [6.45, 7) is 3.77. The number of ether oxygens (including phenoxy) is 1. The molecule has 0 bridgehead atoms. The Morgan fingerprint density at radius 3 is 2.90 bits per heavy atom. The average molecular weight is 428 g/mol. The number of nitrogens with zero attached hydrogens (tertiary/aromatic N) is 1. The van der Waals surface area contributed by atoms with Gasteiger partial charge in [0.25, 0.3) is 0 Å². The number of urea groups is 1. The number of nitrogens with one attached hydrogen (secondary N) is 2. The SMILES string of the molecule is Cc1ccc2c(c1)NC(=O)C[C@@H]1CCN(C(=O)Nc3cccc(Cl)c3)C[C@@H]1CCO2. The van der Waals surface area contributed by atoms with E-state index in [2.05, 4.69) is 10.6 Å². The minimum atomic E-state index is -0.140. The maximum Gasteiger partial charge on any atom is 0.321 e. The van der Waals surface area contributed by atoms with Gasteiger partial charge in [-0.05, 0) is 67.5 Å². The van der Waals surface area contributed by atoms with Gasteiger partial charge in [0, 0.05) is 30.2 Å². The van der Waals surface area contributed by atoms with E-state index in [-0.39, 0.29) is 23.8 Å². The molecule has 3 amide bonds. The van der Waals surface area contributed by atoms with E-state index in [1.807, 2.05) is 36.1 Å². The van der Waals surface area contributed by atoms with Crippen molar-refractivity contribution in [2.24, 2.45) is 11.8 Å². The molecule has 2 aromatic carbocycles. The smallest absolute Gasteiger partial charge is 0.321 e. The van der Waals surface area contributed by atoms with Crippen molar-refractivity contribution in [3.63, 3.8) is 0 Å². The van der Waals surface area contributed by atoms with Crippen LogP contribution in [0.15, 0.2) is 42.5 Å². The van der Waals surface area contributed by atoms with Gasteiger partial charge in [-0.25, -0.2) is 4.79 Å². The van der Waals surface area contributed by atoms with Crippen LogP contribution < -0.4 is 15.4 Å². The monoisotopic (exact) mass is 427 g/mol. The van der Waals surface area contributed by atoms with Crippen LogP contribution in [0, 0.1) is 18.8 Å². The number of hydrogen-bond acceptors (Lipinski definition) is 3. The third kappa shape index (κ3) is 4.87. The minimum Gasteiger partial charge on any atom is -0.491 e. The summed E-state index contributed by atoms with van der Waals surface area (Å²) in [4.78, 5) is 27.2. The Morgan fingerprint density at radius 1 is 1.20 bits per heavy atom. The highest BCUT2D eigenvalue weighted by atomic mass is 35.5. The third-order valence-electron chi connectivity index (χ3n) is 5.86. The van der Waals surface area contributed by atoms with Gasteiger partial charge in [-0.1, -0.05) is 23.7 Å². The van der Waals surface area contributed by atoms with Gasteiger partial charge in [-0.2, -0.15) is 0 Å². The van der Waals surface area contributed by atoms with E-state index in [4.69, 9.17) is 16.3 Å². The number of benzene rings is 2. The molecule has 2 N–H and O–H groups in total. The molecule has 0 unspecified atom stereocenters. The highest BCUT2D eigenvalue weighted by molar-refractivity contribution is 6.30. The summed E-state index contributed by atoms with van der Waals surface area (Å²) in [5.41, 5.74) is 2.48. The molecule has 0 saturated carbocycles. The molecule has 2 atom stereocenters. The summed E-state index contributed by atoms with van der Waals surface area (Å²) in [7, 11) is 0. The van der Waals surface area contributed by atoms with E-state index in [1.54, 1.807) is 18.2 Å². The van der Waals surface area contributed by atoms with Gasteiger partial charge in [0.05, 0.1) is 12.3 Å². The fraction of sp³-hybridized carbons (Fsp3) is 0.391. The van der Waals surface area contributed by atoms with Gasteiger partial charge < -0.3 is 20.3 Å². The van der Waals surface area contributed by atoms with E-state index < -0.39 is 0 Å². The van der Waals surface area contributed by atoms with Gasteiger partial charge in [0.15, 0.2) is 0 Å². The minimum absolute atomic E-state index is 0.000760. The number of amides is 3. The zero-order valence-electron chi connectivity index (χ0n) is 17.0. The van der Waals surface area contributed by atoms with Crippen molar-refractivity contribution in [1.29, 1.82) is 0 Å². The number of halogens is 1. The van der Waals surface area contributed by atoms with Crippen LogP contribution in [-0.2, 0) is 4.79 Å². The van der Waals surface area contributed by atoms with Crippen molar-refractivity contribution in [2.75, 3.05) is 30.3 Å². The van der Waals surface area contributed by atoms with Crippen LogP contribution in [0.1, 0.15) is 24.8 Å². The number of fused-ring (bicyclic) bond motifs is 2. The molecule has 6 nitrogen and oxygen atoms in total. The van der Waals surface area contributed by atoms with Gasteiger partial charge >= 0.3 is 6.03 Å². The average Bonchev–Trinajstić information content (AvgIpc) is 2.70. The van der Waals surface area contributed by atoms with Crippen molar-refractivity contribution < 1.29 is 14.3 Å². The Balaban J connectivity index is 1.43. The first-order valence-corrected chi connectivity index (χ1v) is 10.7. The van der Waals surface area contributed by atoms with Gasteiger partial charge in [0.1, 0.15) is 5.75 Å².